The van der Waals surface area contributed by atoms with Crippen molar-refractivity contribution < 1.29 is 18.8 Å². The van der Waals surface area contributed by atoms with E-state index in [0.29, 0.717) is 17.3 Å². The number of anilines is 3. The van der Waals surface area contributed by atoms with E-state index >= 15 is 0 Å². The second-order valence-electron chi connectivity index (χ2n) is 7.51. The lowest BCUT2D eigenvalue weighted by atomic mass is 10.1. The molecular formula is C22H25N5O4S2. The Labute approximate surface area is 199 Å². The lowest BCUT2D eigenvalue weighted by Gasteiger charge is -2.26. The van der Waals surface area contributed by atoms with E-state index in [1.807, 2.05) is 29.6 Å². The summed E-state index contributed by atoms with van der Waals surface area (Å²) in [7, 11) is 0. The molecule has 3 heterocycles. The summed E-state index contributed by atoms with van der Waals surface area (Å²) in [5.74, 6) is 0.733. The molecule has 1 atom stereocenters. The highest BCUT2D eigenvalue weighted by atomic mass is 32.2. The van der Waals surface area contributed by atoms with Gasteiger partial charge in [0.15, 0.2) is 10.9 Å². The van der Waals surface area contributed by atoms with Crippen molar-refractivity contribution in [3.63, 3.8) is 0 Å². The van der Waals surface area contributed by atoms with Crippen molar-refractivity contribution >= 4 is 51.5 Å². The fourth-order valence-corrected chi connectivity index (χ4v) is 4.72. The molecule has 4 rings (SSSR count). The summed E-state index contributed by atoms with van der Waals surface area (Å²) in [5, 5.41) is 11.9. The number of amides is 2. The normalized spacial score (nSPS) is 14.7. The molecule has 0 radical (unpaired) electrons. The van der Waals surface area contributed by atoms with Gasteiger partial charge in [-0.1, -0.05) is 17.3 Å². The first-order valence-electron chi connectivity index (χ1n) is 10.5. The first kappa shape index (κ1) is 23.3. The van der Waals surface area contributed by atoms with Crippen LogP contribution < -0.4 is 15.5 Å². The highest BCUT2D eigenvalue weighted by Crippen LogP contribution is 2.28. The fourth-order valence-electron chi connectivity index (χ4n) is 3.15. The van der Waals surface area contributed by atoms with E-state index in [0.717, 1.165) is 42.7 Å². The number of ether oxygens (including phenoxy) is 1. The minimum absolute atomic E-state index is 0.156. The summed E-state index contributed by atoms with van der Waals surface area (Å²) < 4.78 is 10.3. The smallest absolute Gasteiger partial charge is 0.238 e. The largest absolute Gasteiger partial charge is 0.378 e. The Kier molecular flexibility index (Phi) is 7.63. The molecule has 3 aromatic rings. The van der Waals surface area contributed by atoms with E-state index < -0.39 is 5.25 Å². The molecule has 0 bridgehead atoms. The van der Waals surface area contributed by atoms with Gasteiger partial charge in [0.1, 0.15) is 5.76 Å². The van der Waals surface area contributed by atoms with Crippen molar-refractivity contribution in [1.82, 2.24) is 10.1 Å². The molecule has 174 valence electrons. The number of hydrogen-bond acceptors (Lipinski definition) is 9. The van der Waals surface area contributed by atoms with Gasteiger partial charge in [0.05, 0.1) is 29.9 Å². The van der Waals surface area contributed by atoms with Crippen LogP contribution in [-0.4, -0.2) is 59.3 Å². The summed E-state index contributed by atoms with van der Waals surface area (Å²) in [6.07, 6.45) is 0. The van der Waals surface area contributed by atoms with Gasteiger partial charge < -0.3 is 24.8 Å². The number of nitrogens with zero attached hydrogens (tertiary/aromatic N) is 3. The Hall–Kier alpha value is -2.89. The number of benzene rings is 1. The number of nitrogens with one attached hydrogen (secondary N) is 2. The monoisotopic (exact) mass is 487 g/mol. The van der Waals surface area contributed by atoms with Gasteiger partial charge >= 0.3 is 0 Å². The molecule has 1 saturated heterocycles. The molecule has 0 spiro atoms. The van der Waals surface area contributed by atoms with Gasteiger partial charge in [-0.25, -0.2) is 4.98 Å². The highest BCUT2D eigenvalue weighted by Gasteiger charge is 2.18. The molecule has 33 heavy (non-hydrogen) atoms. The van der Waals surface area contributed by atoms with Crippen molar-refractivity contribution in [3.05, 3.63) is 41.5 Å². The van der Waals surface area contributed by atoms with Crippen molar-refractivity contribution in [2.45, 2.75) is 19.1 Å². The lowest BCUT2D eigenvalue weighted by molar-refractivity contribution is -0.115. The SMILES string of the molecule is Cc1cc(NC(=O)[C@H](C)SCC(=O)Nc2ccc(-c3csc(N4CCOCC4)n3)cc2)no1. The summed E-state index contributed by atoms with van der Waals surface area (Å²) in [5.41, 5.74) is 2.60. The average molecular weight is 488 g/mol. The number of carbonyl (C=O) groups excluding carboxylic acids is 2. The predicted octanol–water partition coefficient (Wildman–Crippen LogP) is 3.64. The van der Waals surface area contributed by atoms with Gasteiger partial charge in [0.2, 0.25) is 11.8 Å². The van der Waals surface area contributed by atoms with Gasteiger partial charge in [0, 0.05) is 35.8 Å². The Bertz CT molecular complexity index is 1090. The van der Waals surface area contributed by atoms with Gasteiger partial charge in [-0.15, -0.1) is 23.1 Å². The molecule has 2 amide bonds. The third kappa shape index (κ3) is 6.34. The number of thiazole rings is 1. The van der Waals surface area contributed by atoms with E-state index in [4.69, 9.17) is 14.2 Å². The van der Waals surface area contributed by atoms with Crippen molar-refractivity contribution in [1.29, 1.82) is 0 Å². The van der Waals surface area contributed by atoms with Crippen molar-refractivity contribution in [2.24, 2.45) is 0 Å². The minimum Gasteiger partial charge on any atom is -0.378 e. The Morgan fingerprint density at radius 2 is 1.97 bits per heavy atom. The van der Waals surface area contributed by atoms with Crippen LogP contribution in [0.15, 0.2) is 40.2 Å². The second-order valence-corrected chi connectivity index (χ2v) is 9.67. The van der Waals surface area contributed by atoms with Gasteiger partial charge in [-0.3, -0.25) is 9.59 Å². The third-order valence-corrected chi connectivity index (χ3v) is 7.00. The lowest BCUT2D eigenvalue weighted by Crippen LogP contribution is -2.36. The summed E-state index contributed by atoms with van der Waals surface area (Å²) >= 11 is 2.87. The van der Waals surface area contributed by atoms with Crippen molar-refractivity contribution in [3.8, 4) is 11.3 Å². The molecule has 9 nitrogen and oxygen atoms in total. The first-order valence-corrected chi connectivity index (χ1v) is 12.4. The molecule has 2 N–H and O–H groups in total. The Morgan fingerprint density at radius 1 is 1.21 bits per heavy atom. The fraction of sp³-hybridized carbons (Fsp3) is 0.364. The van der Waals surface area contributed by atoms with Crippen LogP contribution in [0.4, 0.5) is 16.6 Å². The van der Waals surface area contributed by atoms with Crippen LogP contribution >= 0.6 is 23.1 Å². The van der Waals surface area contributed by atoms with E-state index in [1.165, 1.54) is 11.8 Å². The van der Waals surface area contributed by atoms with Gasteiger partial charge in [0.25, 0.3) is 0 Å². The zero-order valence-electron chi connectivity index (χ0n) is 18.4. The Morgan fingerprint density at radius 3 is 2.67 bits per heavy atom. The topological polar surface area (TPSA) is 110 Å². The van der Waals surface area contributed by atoms with Gasteiger partial charge in [-0.2, -0.15) is 0 Å². The van der Waals surface area contributed by atoms with Crippen LogP contribution in [-0.2, 0) is 14.3 Å². The number of carbonyl (C=O) groups is 2. The van der Waals surface area contributed by atoms with E-state index in [-0.39, 0.29) is 17.6 Å². The second kappa shape index (κ2) is 10.8. The number of aryl methyl sites for hydroxylation is 1. The van der Waals surface area contributed by atoms with Crippen LogP contribution in [0.25, 0.3) is 11.3 Å². The molecule has 1 fully saturated rings. The minimum atomic E-state index is -0.416. The first-order chi connectivity index (χ1) is 16.0. The van der Waals surface area contributed by atoms with E-state index in [1.54, 1.807) is 31.3 Å². The third-order valence-electron chi connectivity index (χ3n) is 4.95. The molecule has 0 aliphatic carbocycles. The maximum Gasteiger partial charge on any atom is 0.238 e. The molecule has 2 aromatic heterocycles. The molecule has 1 aromatic carbocycles. The summed E-state index contributed by atoms with van der Waals surface area (Å²) in [6.45, 7) is 6.66. The van der Waals surface area contributed by atoms with Crippen LogP contribution in [0.3, 0.4) is 0 Å². The average Bonchev–Trinajstić information content (AvgIpc) is 3.48. The van der Waals surface area contributed by atoms with Crippen LogP contribution in [0, 0.1) is 6.92 Å². The maximum atomic E-state index is 12.3. The molecular weight excluding hydrogens is 462 g/mol. The predicted molar refractivity (Wildman–Crippen MR) is 131 cm³/mol. The number of aromatic nitrogens is 2. The molecule has 1 aliphatic heterocycles. The van der Waals surface area contributed by atoms with Crippen LogP contribution in [0.2, 0.25) is 0 Å². The quantitative estimate of drug-likeness (QED) is 0.496. The van der Waals surface area contributed by atoms with E-state index in [9.17, 15) is 9.59 Å². The number of morpholine rings is 1. The zero-order valence-corrected chi connectivity index (χ0v) is 20.0. The van der Waals surface area contributed by atoms with Crippen LogP contribution in [0.5, 0.6) is 0 Å². The maximum absolute atomic E-state index is 12.3. The summed E-state index contributed by atoms with van der Waals surface area (Å²) in [4.78, 5) is 31.5. The molecule has 0 saturated carbocycles. The summed E-state index contributed by atoms with van der Waals surface area (Å²) in [6, 6.07) is 9.23. The number of thioether (sulfide) groups is 1. The molecule has 0 unspecified atom stereocenters. The molecule has 1 aliphatic rings. The Balaban J connectivity index is 1.25. The highest BCUT2D eigenvalue weighted by molar-refractivity contribution is 8.01. The number of rotatable bonds is 8. The van der Waals surface area contributed by atoms with Crippen LogP contribution in [0.1, 0.15) is 12.7 Å². The number of hydrogen-bond donors (Lipinski definition) is 2. The molecule has 11 heteroatoms. The van der Waals surface area contributed by atoms with E-state index in [2.05, 4.69) is 20.7 Å². The zero-order chi connectivity index (χ0) is 23.2. The van der Waals surface area contributed by atoms with Gasteiger partial charge in [-0.05, 0) is 26.0 Å². The van der Waals surface area contributed by atoms with Crippen molar-refractivity contribution in [2.75, 3.05) is 47.6 Å². The standard InChI is InChI=1S/C22H25N5O4S2/c1-14-11-19(26-31-14)25-21(29)15(2)32-13-20(28)23-17-5-3-16(4-6-17)18-12-33-22(24-18)27-7-9-30-10-8-27/h3-6,11-12,15H,7-10,13H2,1-2H3,(H,23,28)(H,25,26,29)/t15-/m0/s1.